The summed E-state index contributed by atoms with van der Waals surface area (Å²) in [6.07, 6.45) is 1.87. The molecule has 5 heteroatoms. The number of rotatable bonds is 6. The first kappa shape index (κ1) is 11.0. The Kier molecular flexibility index (Phi) is 3.88. The molecule has 0 unspecified atom stereocenters. The lowest BCUT2D eigenvalue weighted by Gasteiger charge is -2.33. The molecule has 14 heavy (non-hydrogen) atoms. The highest BCUT2D eigenvalue weighted by atomic mass is 16.6. The fourth-order valence-corrected chi connectivity index (χ4v) is 1.47. The average Bonchev–Trinajstić information content (AvgIpc) is 2.10. The number of unbranched alkanes of at least 4 members (excludes halogenated alkanes) is 1. The maximum Gasteiger partial charge on any atom is 0.315 e. The maximum absolute atomic E-state index is 10.7. The molecule has 0 aromatic heterocycles. The van der Waals surface area contributed by atoms with Crippen molar-refractivity contribution in [2.24, 2.45) is 5.92 Å². The summed E-state index contributed by atoms with van der Waals surface area (Å²) in [4.78, 5) is 20.9. The van der Waals surface area contributed by atoms with Gasteiger partial charge >= 0.3 is 11.9 Å². The Bertz CT molecular complexity index is 225. The van der Waals surface area contributed by atoms with E-state index in [4.69, 9.17) is 14.9 Å². The Morgan fingerprint density at radius 3 is 2.64 bits per heavy atom. The van der Waals surface area contributed by atoms with Gasteiger partial charge in [0, 0.05) is 6.42 Å². The molecular formula is C9H14O5. The van der Waals surface area contributed by atoms with Crippen LogP contribution in [0.5, 0.6) is 0 Å². The van der Waals surface area contributed by atoms with E-state index in [1.54, 1.807) is 0 Å². The van der Waals surface area contributed by atoms with Crippen LogP contribution in [-0.2, 0) is 14.3 Å². The standard InChI is InChI=1S/C9H14O5/c10-5-6-7(14-9(6)13)3-1-2-4-8(11)12/h6-7,10H,1-5H2,(H,11,12)/t6-,7-/m0/s1. The highest BCUT2D eigenvalue weighted by Gasteiger charge is 2.40. The van der Waals surface area contributed by atoms with E-state index < -0.39 is 5.97 Å². The minimum absolute atomic E-state index is 0.143. The molecule has 0 spiro atoms. The first-order valence-corrected chi connectivity index (χ1v) is 4.68. The third-order valence-electron chi connectivity index (χ3n) is 2.35. The second kappa shape index (κ2) is 4.95. The Labute approximate surface area is 81.7 Å². The van der Waals surface area contributed by atoms with Crippen LogP contribution < -0.4 is 0 Å². The molecule has 2 atom stereocenters. The van der Waals surface area contributed by atoms with Gasteiger partial charge < -0.3 is 14.9 Å². The fourth-order valence-electron chi connectivity index (χ4n) is 1.47. The highest BCUT2D eigenvalue weighted by Crippen LogP contribution is 2.26. The number of cyclic esters (lactones) is 1. The van der Waals surface area contributed by atoms with E-state index in [9.17, 15) is 9.59 Å². The number of ether oxygens (including phenoxy) is 1. The van der Waals surface area contributed by atoms with E-state index in [0.717, 1.165) is 0 Å². The van der Waals surface area contributed by atoms with E-state index >= 15 is 0 Å². The van der Waals surface area contributed by atoms with Crippen molar-refractivity contribution in [1.82, 2.24) is 0 Å². The predicted octanol–water partition coefficient (Wildman–Crippen LogP) is 0.165. The van der Waals surface area contributed by atoms with Gasteiger partial charge in [0.25, 0.3) is 0 Å². The number of carbonyl (C=O) groups excluding carboxylic acids is 1. The van der Waals surface area contributed by atoms with Crippen LogP contribution in [0, 0.1) is 5.92 Å². The fraction of sp³-hybridized carbons (Fsp3) is 0.778. The normalized spacial score (nSPS) is 25.4. The lowest BCUT2D eigenvalue weighted by atomic mass is 9.93. The second-order valence-electron chi connectivity index (χ2n) is 3.40. The Morgan fingerprint density at radius 2 is 2.14 bits per heavy atom. The van der Waals surface area contributed by atoms with E-state index in [1.165, 1.54) is 0 Å². The quantitative estimate of drug-likeness (QED) is 0.473. The molecule has 0 aromatic carbocycles. The smallest absolute Gasteiger partial charge is 0.315 e. The molecule has 0 aliphatic carbocycles. The molecule has 1 saturated heterocycles. The van der Waals surface area contributed by atoms with Gasteiger partial charge in [-0.2, -0.15) is 0 Å². The van der Waals surface area contributed by atoms with Crippen molar-refractivity contribution in [2.45, 2.75) is 31.8 Å². The lowest BCUT2D eigenvalue weighted by Crippen LogP contribution is -2.47. The summed E-state index contributed by atoms with van der Waals surface area (Å²) in [5, 5.41) is 17.1. The third-order valence-corrected chi connectivity index (χ3v) is 2.35. The predicted molar refractivity (Wildman–Crippen MR) is 46.6 cm³/mol. The summed E-state index contributed by atoms with van der Waals surface area (Å²) < 4.78 is 4.80. The first-order chi connectivity index (χ1) is 6.65. The molecule has 1 fully saturated rings. The van der Waals surface area contributed by atoms with Crippen molar-refractivity contribution in [3.8, 4) is 0 Å². The summed E-state index contributed by atoms with van der Waals surface area (Å²) in [6.45, 7) is -0.178. The monoisotopic (exact) mass is 202 g/mol. The largest absolute Gasteiger partial charge is 0.481 e. The molecule has 0 bridgehead atoms. The van der Waals surface area contributed by atoms with Gasteiger partial charge in [-0.05, 0) is 19.3 Å². The van der Waals surface area contributed by atoms with Crippen LogP contribution in [-0.4, -0.2) is 34.9 Å². The Balaban J connectivity index is 2.08. The molecule has 2 N–H and O–H groups in total. The van der Waals surface area contributed by atoms with Gasteiger partial charge in [0.1, 0.15) is 12.0 Å². The van der Waals surface area contributed by atoms with Crippen molar-refractivity contribution < 1.29 is 24.5 Å². The maximum atomic E-state index is 10.7. The van der Waals surface area contributed by atoms with Crippen LogP contribution >= 0.6 is 0 Å². The number of carbonyl (C=O) groups is 2. The minimum atomic E-state index is -0.811. The van der Waals surface area contributed by atoms with Gasteiger partial charge in [-0.3, -0.25) is 9.59 Å². The van der Waals surface area contributed by atoms with Gasteiger partial charge in [-0.25, -0.2) is 0 Å². The molecule has 0 amide bonds. The average molecular weight is 202 g/mol. The number of hydrogen-bond donors (Lipinski definition) is 2. The van der Waals surface area contributed by atoms with Crippen molar-refractivity contribution >= 4 is 11.9 Å². The molecule has 1 heterocycles. The minimum Gasteiger partial charge on any atom is -0.481 e. The summed E-state index contributed by atoms with van der Waals surface area (Å²) in [7, 11) is 0. The molecule has 0 radical (unpaired) electrons. The first-order valence-electron chi connectivity index (χ1n) is 4.68. The van der Waals surface area contributed by atoms with Gasteiger partial charge in [0.2, 0.25) is 0 Å². The Morgan fingerprint density at radius 1 is 1.43 bits per heavy atom. The van der Waals surface area contributed by atoms with Crippen molar-refractivity contribution in [2.75, 3.05) is 6.61 Å². The van der Waals surface area contributed by atoms with Crippen LogP contribution in [0.15, 0.2) is 0 Å². The van der Waals surface area contributed by atoms with Crippen molar-refractivity contribution in [3.05, 3.63) is 0 Å². The van der Waals surface area contributed by atoms with E-state index in [0.29, 0.717) is 19.3 Å². The van der Waals surface area contributed by atoms with Crippen molar-refractivity contribution in [1.29, 1.82) is 0 Å². The summed E-state index contributed by atoms with van der Waals surface area (Å²) >= 11 is 0. The number of esters is 1. The zero-order valence-electron chi connectivity index (χ0n) is 7.81. The number of carboxylic acid groups (broad SMARTS) is 1. The molecule has 0 saturated carbocycles. The van der Waals surface area contributed by atoms with Gasteiger partial charge in [-0.15, -0.1) is 0 Å². The van der Waals surface area contributed by atoms with Crippen LogP contribution in [0.3, 0.4) is 0 Å². The number of aliphatic carboxylic acids is 1. The number of hydrogen-bond acceptors (Lipinski definition) is 4. The number of aliphatic hydroxyl groups excluding tert-OH is 1. The SMILES string of the molecule is O=C(O)CCCC[C@@H]1OC(=O)[C@H]1CO. The highest BCUT2D eigenvalue weighted by molar-refractivity contribution is 5.78. The topological polar surface area (TPSA) is 83.8 Å². The lowest BCUT2D eigenvalue weighted by molar-refractivity contribution is -0.189. The molecule has 1 rings (SSSR count). The molecule has 80 valence electrons. The number of carboxylic acids is 1. The van der Waals surface area contributed by atoms with E-state index in [-0.39, 0.29) is 31.0 Å². The molecule has 1 aliphatic rings. The molecule has 0 aromatic rings. The van der Waals surface area contributed by atoms with Gasteiger partial charge in [0.05, 0.1) is 6.61 Å². The summed E-state index contributed by atoms with van der Waals surface area (Å²) in [5.74, 6) is -1.55. The zero-order valence-corrected chi connectivity index (χ0v) is 7.81. The van der Waals surface area contributed by atoms with Crippen LogP contribution in [0.1, 0.15) is 25.7 Å². The van der Waals surface area contributed by atoms with E-state index in [1.807, 2.05) is 0 Å². The number of aliphatic hydroxyl groups is 1. The van der Waals surface area contributed by atoms with Crippen LogP contribution in [0.25, 0.3) is 0 Å². The second-order valence-corrected chi connectivity index (χ2v) is 3.40. The van der Waals surface area contributed by atoms with Crippen LogP contribution in [0.4, 0.5) is 0 Å². The summed E-state index contributed by atoms with van der Waals surface area (Å²) in [5.41, 5.74) is 0. The summed E-state index contributed by atoms with van der Waals surface area (Å²) in [6, 6.07) is 0. The van der Waals surface area contributed by atoms with Crippen LogP contribution in [0.2, 0.25) is 0 Å². The molecule has 5 nitrogen and oxygen atoms in total. The van der Waals surface area contributed by atoms with Gasteiger partial charge in [0.15, 0.2) is 0 Å². The zero-order chi connectivity index (χ0) is 10.6. The Hall–Kier alpha value is -1.10. The van der Waals surface area contributed by atoms with Gasteiger partial charge in [-0.1, -0.05) is 0 Å². The third kappa shape index (κ3) is 2.70. The molecule has 1 aliphatic heterocycles. The molecular weight excluding hydrogens is 188 g/mol. The van der Waals surface area contributed by atoms with Crippen molar-refractivity contribution in [3.63, 3.8) is 0 Å². The van der Waals surface area contributed by atoms with E-state index in [2.05, 4.69) is 0 Å².